The third kappa shape index (κ3) is 3.54. The van der Waals surface area contributed by atoms with Crippen LogP contribution in [0.4, 0.5) is 5.69 Å². The zero-order chi connectivity index (χ0) is 17.8. The first-order valence-corrected chi connectivity index (χ1v) is 7.99. The molecule has 0 spiro atoms. The molecule has 3 heterocycles. The smallest absolute Gasteiger partial charge is 0.246 e. The van der Waals surface area contributed by atoms with Crippen molar-refractivity contribution in [1.29, 1.82) is 0 Å². The van der Waals surface area contributed by atoms with Gasteiger partial charge in [0.2, 0.25) is 17.6 Å². The van der Waals surface area contributed by atoms with E-state index < -0.39 is 0 Å². The van der Waals surface area contributed by atoms with Gasteiger partial charge in [-0.05, 0) is 29.8 Å². The zero-order valence-electron chi connectivity index (χ0n) is 13.7. The second kappa shape index (κ2) is 7.06. The van der Waals surface area contributed by atoms with Crippen LogP contribution in [-0.4, -0.2) is 25.8 Å². The van der Waals surface area contributed by atoms with Crippen LogP contribution in [0.1, 0.15) is 11.5 Å². The highest BCUT2D eigenvalue weighted by molar-refractivity contribution is 5.91. The third-order valence-corrected chi connectivity index (χ3v) is 3.71. The molecule has 0 aliphatic carbocycles. The third-order valence-electron chi connectivity index (χ3n) is 3.71. The Bertz CT molecular complexity index is 990. The van der Waals surface area contributed by atoms with Crippen LogP contribution in [-0.2, 0) is 17.8 Å². The van der Waals surface area contributed by atoms with Crippen LogP contribution in [0.5, 0.6) is 0 Å². The van der Waals surface area contributed by atoms with Crippen LogP contribution in [0.25, 0.3) is 11.6 Å². The van der Waals surface area contributed by atoms with Gasteiger partial charge >= 0.3 is 0 Å². The number of benzene rings is 1. The van der Waals surface area contributed by atoms with Gasteiger partial charge in [-0.15, -0.1) is 0 Å². The fourth-order valence-corrected chi connectivity index (χ4v) is 2.52. The van der Waals surface area contributed by atoms with Crippen LogP contribution < -0.4 is 5.32 Å². The van der Waals surface area contributed by atoms with E-state index in [-0.39, 0.29) is 12.5 Å². The van der Waals surface area contributed by atoms with Crippen molar-refractivity contribution in [3.8, 4) is 11.6 Å². The zero-order valence-corrected chi connectivity index (χ0v) is 13.7. The summed E-state index contributed by atoms with van der Waals surface area (Å²) < 4.78 is 12.1. The molecule has 0 aliphatic heterocycles. The molecular weight excluding hydrogens is 334 g/mol. The van der Waals surface area contributed by atoms with E-state index >= 15 is 0 Å². The first-order valence-electron chi connectivity index (χ1n) is 7.99. The minimum absolute atomic E-state index is 0.143. The van der Waals surface area contributed by atoms with Gasteiger partial charge in [-0.2, -0.15) is 10.1 Å². The molecule has 8 heteroatoms. The van der Waals surface area contributed by atoms with Crippen LogP contribution in [0, 0.1) is 0 Å². The Balaban J connectivity index is 1.48. The van der Waals surface area contributed by atoms with Gasteiger partial charge in [0, 0.05) is 18.1 Å². The van der Waals surface area contributed by atoms with Crippen LogP contribution in [0.3, 0.4) is 0 Å². The molecule has 130 valence electrons. The summed E-state index contributed by atoms with van der Waals surface area (Å²) in [5.74, 6) is 1.21. The van der Waals surface area contributed by atoms with Crippen molar-refractivity contribution in [2.75, 3.05) is 5.32 Å². The number of para-hydroxylation sites is 1. The molecule has 0 atom stereocenters. The number of hydrogen-bond donors (Lipinski definition) is 1. The molecule has 8 nitrogen and oxygen atoms in total. The highest BCUT2D eigenvalue weighted by atomic mass is 16.5. The lowest BCUT2D eigenvalue weighted by Gasteiger charge is -2.09. The second-order valence-electron chi connectivity index (χ2n) is 5.57. The van der Waals surface area contributed by atoms with Crippen molar-refractivity contribution < 1.29 is 13.7 Å². The lowest BCUT2D eigenvalue weighted by atomic mass is 10.1. The van der Waals surface area contributed by atoms with E-state index in [1.807, 2.05) is 24.3 Å². The highest BCUT2D eigenvalue weighted by Gasteiger charge is 2.14. The number of furan rings is 1. The molecule has 0 fully saturated rings. The summed E-state index contributed by atoms with van der Waals surface area (Å²) in [6.45, 7) is 0.143. The number of amides is 1. The average Bonchev–Trinajstić information content (AvgIpc) is 3.38. The number of anilines is 1. The number of carbonyl (C=O) groups is 1. The molecule has 3 aromatic heterocycles. The van der Waals surface area contributed by atoms with Gasteiger partial charge in [0.25, 0.3) is 0 Å². The minimum atomic E-state index is -0.164. The monoisotopic (exact) mass is 349 g/mol. The van der Waals surface area contributed by atoms with E-state index in [2.05, 4.69) is 20.6 Å². The number of aromatic nitrogens is 4. The summed E-state index contributed by atoms with van der Waals surface area (Å²) in [4.78, 5) is 16.5. The molecule has 26 heavy (non-hydrogen) atoms. The maximum atomic E-state index is 12.2. The van der Waals surface area contributed by atoms with Gasteiger partial charge in [-0.25, -0.2) is 0 Å². The number of nitrogens with zero attached hydrogens (tertiary/aromatic N) is 4. The van der Waals surface area contributed by atoms with Crippen molar-refractivity contribution in [3.63, 3.8) is 0 Å². The van der Waals surface area contributed by atoms with Gasteiger partial charge in [0.1, 0.15) is 6.54 Å². The fourth-order valence-electron chi connectivity index (χ4n) is 2.52. The van der Waals surface area contributed by atoms with Crippen LogP contribution in [0.2, 0.25) is 0 Å². The summed E-state index contributed by atoms with van der Waals surface area (Å²) in [6, 6.07) is 12.8. The Kier molecular flexibility index (Phi) is 4.29. The molecule has 1 N–H and O–H groups in total. The van der Waals surface area contributed by atoms with E-state index in [0.29, 0.717) is 29.6 Å². The topological polar surface area (TPSA) is 99.0 Å². The van der Waals surface area contributed by atoms with Gasteiger partial charge in [0.05, 0.1) is 12.7 Å². The Hall–Kier alpha value is -3.68. The summed E-state index contributed by atoms with van der Waals surface area (Å²) >= 11 is 0. The quantitative estimate of drug-likeness (QED) is 0.575. The van der Waals surface area contributed by atoms with Crippen molar-refractivity contribution in [3.05, 3.63) is 72.6 Å². The maximum absolute atomic E-state index is 12.2. The number of hydrogen-bond acceptors (Lipinski definition) is 6. The van der Waals surface area contributed by atoms with Crippen LogP contribution in [0.15, 0.2) is 70.1 Å². The molecule has 0 saturated heterocycles. The number of carbonyl (C=O) groups excluding carboxylic acids is 1. The fraction of sp³-hybridized carbons (Fsp3) is 0.111. The van der Waals surface area contributed by atoms with Crippen molar-refractivity contribution in [1.82, 2.24) is 19.9 Å². The first-order chi connectivity index (χ1) is 12.8. The molecule has 1 amide bonds. The van der Waals surface area contributed by atoms with Gasteiger partial charge < -0.3 is 14.3 Å². The Morgan fingerprint density at radius 2 is 2.08 bits per heavy atom. The molecular formula is C18H15N5O3. The summed E-state index contributed by atoms with van der Waals surface area (Å²) in [5.41, 5.74) is 1.57. The van der Waals surface area contributed by atoms with E-state index in [1.54, 1.807) is 41.5 Å². The molecule has 1 aromatic carbocycles. The summed E-state index contributed by atoms with van der Waals surface area (Å²) in [7, 11) is 0. The second-order valence-corrected chi connectivity index (χ2v) is 5.57. The van der Waals surface area contributed by atoms with Gasteiger partial charge in [-0.1, -0.05) is 23.4 Å². The maximum Gasteiger partial charge on any atom is 0.246 e. The number of rotatable bonds is 6. The van der Waals surface area contributed by atoms with Gasteiger partial charge in [0.15, 0.2) is 5.76 Å². The Labute approximate surface area is 148 Å². The minimum Gasteiger partial charge on any atom is -0.461 e. The lowest BCUT2D eigenvalue weighted by Crippen LogP contribution is -2.19. The Morgan fingerprint density at radius 3 is 2.88 bits per heavy atom. The molecule has 0 saturated carbocycles. The summed E-state index contributed by atoms with van der Waals surface area (Å²) in [5, 5.41) is 10.8. The van der Waals surface area contributed by atoms with E-state index in [4.69, 9.17) is 8.94 Å². The van der Waals surface area contributed by atoms with E-state index in [1.165, 1.54) is 0 Å². The SMILES string of the molecule is O=C(Cn1cccn1)Nc1ccccc1Cc1nc(-c2ccco2)no1. The van der Waals surface area contributed by atoms with E-state index in [0.717, 1.165) is 5.56 Å². The highest BCUT2D eigenvalue weighted by Crippen LogP contribution is 2.21. The Morgan fingerprint density at radius 1 is 1.15 bits per heavy atom. The standard InChI is InChI=1S/C18H15N5O3/c24-16(12-23-9-4-8-19-23)20-14-6-2-1-5-13(14)11-17-21-18(22-26-17)15-7-3-10-25-15/h1-10H,11-12H2,(H,20,24). The van der Waals surface area contributed by atoms with Crippen molar-refractivity contribution >= 4 is 11.6 Å². The predicted octanol–water partition coefficient (Wildman–Crippen LogP) is 2.76. The van der Waals surface area contributed by atoms with E-state index in [9.17, 15) is 4.79 Å². The van der Waals surface area contributed by atoms with Crippen LogP contribution >= 0.6 is 0 Å². The van der Waals surface area contributed by atoms with Gasteiger partial charge in [-0.3, -0.25) is 9.48 Å². The summed E-state index contributed by atoms with van der Waals surface area (Å²) in [6.07, 6.45) is 5.31. The van der Waals surface area contributed by atoms with Crippen molar-refractivity contribution in [2.45, 2.75) is 13.0 Å². The largest absolute Gasteiger partial charge is 0.461 e. The first kappa shape index (κ1) is 15.8. The molecule has 0 aliphatic rings. The normalized spacial score (nSPS) is 10.8. The lowest BCUT2D eigenvalue weighted by molar-refractivity contribution is -0.116. The number of nitrogens with one attached hydrogen (secondary N) is 1. The van der Waals surface area contributed by atoms with Crippen molar-refractivity contribution in [2.24, 2.45) is 0 Å². The molecule has 4 rings (SSSR count). The predicted molar refractivity (Wildman–Crippen MR) is 92.1 cm³/mol. The molecule has 0 radical (unpaired) electrons. The molecule has 0 unspecified atom stereocenters. The molecule has 0 bridgehead atoms. The molecule has 4 aromatic rings. The average molecular weight is 349 g/mol.